The van der Waals surface area contributed by atoms with Crippen molar-refractivity contribution in [3.63, 3.8) is 0 Å². The molecule has 1 aromatic carbocycles. The molecule has 0 fully saturated rings. The summed E-state index contributed by atoms with van der Waals surface area (Å²) in [7, 11) is 0. The molecular formula is C19H15BrN4O2S. The number of halogens is 1. The molecule has 0 aliphatic rings. The fourth-order valence-electron chi connectivity index (χ4n) is 2.61. The molecule has 0 saturated heterocycles. The summed E-state index contributed by atoms with van der Waals surface area (Å²) in [6, 6.07) is 11.5. The molecule has 0 unspecified atom stereocenters. The van der Waals surface area contributed by atoms with Crippen LogP contribution in [0.25, 0.3) is 16.4 Å². The highest BCUT2D eigenvalue weighted by Gasteiger charge is 2.17. The molecular weight excluding hydrogens is 428 g/mol. The molecule has 0 saturated carbocycles. The largest absolute Gasteiger partial charge is 0.444 e. The Morgan fingerprint density at radius 3 is 2.67 bits per heavy atom. The van der Waals surface area contributed by atoms with Gasteiger partial charge in [0.25, 0.3) is 5.91 Å². The number of aromatic nitrogens is 3. The van der Waals surface area contributed by atoms with Gasteiger partial charge in [-0.3, -0.25) is 9.36 Å². The van der Waals surface area contributed by atoms with Crippen molar-refractivity contribution in [3.05, 3.63) is 69.8 Å². The molecule has 0 radical (unpaired) electrons. The topological polar surface area (TPSA) is 73.0 Å². The number of thiazole rings is 1. The number of hydrogen-bond donors (Lipinski definition) is 1. The van der Waals surface area contributed by atoms with Crippen molar-refractivity contribution in [2.24, 2.45) is 0 Å². The number of aryl methyl sites for hydroxylation is 2. The van der Waals surface area contributed by atoms with Gasteiger partial charge >= 0.3 is 0 Å². The number of carbonyl (C=O) groups excluding carboxylic acids is 1. The van der Waals surface area contributed by atoms with Crippen LogP contribution >= 0.6 is 27.3 Å². The first-order valence-electron chi connectivity index (χ1n) is 8.15. The normalized spacial score (nSPS) is 10.9. The predicted molar refractivity (Wildman–Crippen MR) is 109 cm³/mol. The Morgan fingerprint density at radius 2 is 1.96 bits per heavy atom. The smallest absolute Gasteiger partial charge is 0.292 e. The standard InChI is InChI=1S/C19H15BrN4O2S/c1-11-3-5-13(6-4-11)14-10-27-19(22-14)24-12(2)21-9-17(24)23-18(25)15-7-8-16(20)26-15/h3-10H,1-2H3,(H,23,25). The van der Waals surface area contributed by atoms with E-state index in [1.807, 2.05) is 29.0 Å². The van der Waals surface area contributed by atoms with Gasteiger partial charge in [0.15, 0.2) is 15.6 Å². The highest BCUT2D eigenvalue weighted by molar-refractivity contribution is 9.10. The van der Waals surface area contributed by atoms with Gasteiger partial charge < -0.3 is 9.73 Å². The highest BCUT2D eigenvalue weighted by Crippen LogP contribution is 2.28. The van der Waals surface area contributed by atoms with Gasteiger partial charge in [0.05, 0.1) is 11.9 Å². The second kappa shape index (κ2) is 7.13. The molecule has 4 aromatic rings. The third kappa shape index (κ3) is 3.58. The molecule has 0 atom stereocenters. The number of rotatable bonds is 4. The summed E-state index contributed by atoms with van der Waals surface area (Å²) in [5.41, 5.74) is 3.14. The van der Waals surface area contributed by atoms with Crippen molar-refractivity contribution in [1.29, 1.82) is 0 Å². The Hall–Kier alpha value is -2.71. The molecule has 0 aliphatic carbocycles. The van der Waals surface area contributed by atoms with Gasteiger partial charge in [-0.15, -0.1) is 11.3 Å². The van der Waals surface area contributed by atoms with Gasteiger partial charge in [0, 0.05) is 10.9 Å². The van der Waals surface area contributed by atoms with E-state index in [-0.39, 0.29) is 11.7 Å². The van der Waals surface area contributed by atoms with Crippen molar-refractivity contribution in [2.45, 2.75) is 13.8 Å². The van der Waals surface area contributed by atoms with Crippen molar-refractivity contribution in [1.82, 2.24) is 14.5 Å². The maximum absolute atomic E-state index is 12.4. The van der Waals surface area contributed by atoms with Crippen LogP contribution in [0.4, 0.5) is 5.82 Å². The summed E-state index contributed by atoms with van der Waals surface area (Å²) >= 11 is 4.69. The summed E-state index contributed by atoms with van der Waals surface area (Å²) in [5.74, 6) is 1.13. The summed E-state index contributed by atoms with van der Waals surface area (Å²) in [6.07, 6.45) is 1.61. The predicted octanol–water partition coefficient (Wildman–Crippen LogP) is 5.22. The zero-order valence-corrected chi connectivity index (χ0v) is 17.0. The molecule has 0 spiro atoms. The molecule has 0 aliphatic heterocycles. The van der Waals surface area contributed by atoms with Crippen LogP contribution in [-0.2, 0) is 0 Å². The molecule has 3 aromatic heterocycles. The Labute approximate surface area is 168 Å². The van der Waals surface area contributed by atoms with Gasteiger partial charge in [-0.05, 0) is 41.9 Å². The highest BCUT2D eigenvalue weighted by atomic mass is 79.9. The Balaban J connectivity index is 1.64. The Bertz CT molecular complexity index is 1110. The van der Waals surface area contributed by atoms with E-state index in [1.54, 1.807) is 18.3 Å². The van der Waals surface area contributed by atoms with Crippen LogP contribution in [0.5, 0.6) is 0 Å². The molecule has 6 nitrogen and oxygen atoms in total. The van der Waals surface area contributed by atoms with Crippen molar-refractivity contribution < 1.29 is 9.21 Å². The van der Waals surface area contributed by atoms with Gasteiger partial charge in [-0.1, -0.05) is 29.8 Å². The lowest BCUT2D eigenvalue weighted by atomic mass is 10.1. The number of imidazole rings is 1. The number of carbonyl (C=O) groups is 1. The van der Waals surface area contributed by atoms with E-state index in [0.717, 1.165) is 22.2 Å². The number of nitrogens with one attached hydrogen (secondary N) is 1. The number of hydrogen-bond acceptors (Lipinski definition) is 5. The number of benzene rings is 1. The zero-order chi connectivity index (χ0) is 19.0. The van der Waals surface area contributed by atoms with Gasteiger partial charge in [0.2, 0.25) is 0 Å². The van der Waals surface area contributed by atoms with Crippen LogP contribution in [0.15, 0.2) is 57.1 Å². The van der Waals surface area contributed by atoms with Crippen LogP contribution in [0.3, 0.4) is 0 Å². The Morgan fingerprint density at radius 1 is 1.19 bits per heavy atom. The van der Waals surface area contributed by atoms with Crippen molar-refractivity contribution in [2.75, 3.05) is 5.32 Å². The lowest BCUT2D eigenvalue weighted by Gasteiger charge is -2.07. The zero-order valence-electron chi connectivity index (χ0n) is 14.6. The quantitative estimate of drug-likeness (QED) is 0.470. The fraction of sp³-hybridized carbons (Fsp3) is 0.105. The van der Waals surface area contributed by atoms with E-state index in [9.17, 15) is 4.79 Å². The van der Waals surface area contributed by atoms with Crippen LogP contribution in [0.2, 0.25) is 0 Å². The average Bonchev–Trinajstić information content (AvgIpc) is 3.36. The first-order chi connectivity index (χ1) is 13.0. The van der Waals surface area contributed by atoms with Crippen LogP contribution in [-0.4, -0.2) is 20.4 Å². The minimum atomic E-state index is -0.350. The molecule has 1 N–H and O–H groups in total. The monoisotopic (exact) mass is 442 g/mol. The van der Waals surface area contributed by atoms with Crippen LogP contribution in [0.1, 0.15) is 21.9 Å². The first kappa shape index (κ1) is 17.7. The fourth-order valence-corrected chi connectivity index (χ4v) is 3.81. The third-order valence-corrected chi connectivity index (χ3v) is 5.26. The number of amides is 1. The lowest BCUT2D eigenvalue weighted by molar-refractivity contribution is 0.0995. The SMILES string of the molecule is Cc1ccc(-c2csc(-n3c(NC(=O)c4ccc(Br)o4)cnc3C)n2)cc1. The van der Waals surface area contributed by atoms with E-state index in [1.165, 1.54) is 16.9 Å². The molecule has 4 rings (SSSR count). The molecule has 27 heavy (non-hydrogen) atoms. The van der Waals surface area contributed by atoms with E-state index in [4.69, 9.17) is 9.40 Å². The van der Waals surface area contributed by atoms with Gasteiger partial charge in [0.1, 0.15) is 11.6 Å². The van der Waals surface area contributed by atoms with Crippen LogP contribution < -0.4 is 5.32 Å². The molecule has 0 bridgehead atoms. The molecule has 3 heterocycles. The van der Waals surface area contributed by atoms with Gasteiger partial charge in [-0.2, -0.15) is 0 Å². The molecule has 1 amide bonds. The summed E-state index contributed by atoms with van der Waals surface area (Å²) in [6.45, 7) is 3.92. The van der Waals surface area contributed by atoms with Crippen molar-refractivity contribution in [3.8, 4) is 16.4 Å². The summed E-state index contributed by atoms with van der Waals surface area (Å²) in [5, 5.41) is 5.56. The van der Waals surface area contributed by atoms with E-state index in [2.05, 4.69) is 45.3 Å². The van der Waals surface area contributed by atoms with E-state index >= 15 is 0 Å². The number of nitrogens with zero attached hydrogens (tertiary/aromatic N) is 3. The van der Waals surface area contributed by atoms with Gasteiger partial charge in [-0.25, -0.2) is 9.97 Å². The lowest BCUT2D eigenvalue weighted by Crippen LogP contribution is -2.14. The minimum Gasteiger partial charge on any atom is -0.444 e. The Kier molecular flexibility index (Phi) is 4.67. The third-order valence-electron chi connectivity index (χ3n) is 4.01. The maximum Gasteiger partial charge on any atom is 0.292 e. The van der Waals surface area contributed by atoms with Crippen LogP contribution in [0, 0.1) is 13.8 Å². The van der Waals surface area contributed by atoms with E-state index in [0.29, 0.717) is 10.5 Å². The molecule has 8 heteroatoms. The number of furan rings is 1. The average molecular weight is 443 g/mol. The molecule has 136 valence electrons. The van der Waals surface area contributed by atoms with E-state index < -0.39 is 0 Å². The first-order valence-corrected chi connectivity index (χ1v) is 9.82. The summed E-state index contributed by atoms with van der Waals surface area (Å²) < 4.78 is 7.62. The van der Waals surface area contributed by atoms with Crippen molar-refractivity contribution >= 4 is 39.0 Å². The summed E-state index contributed by atoms with van der Waals surface area (Å²) in [4.78, 5) is 21.4. The second-order valence-electron chi connectivity index (χ2n) is 5.97. The second-order valence-corrected chi connectivity index (χ2v) is 7.58. The maximum atomic E-state index is 12.4. The number of anilines is 1. The minimum absolute atomic E-state index is 0.215.